The molecule has 0 bridgehead atoms. The molecule has 1 aliphatic rings. The van der Waals surface area contributed by atoms with Crippen LogP contribution in [0.25, 0.3) is 6.08 Å². The molecule has 1 N–H and O–H groups in total. The number of pyridine rings is 1. The molecule has 0 saturated carbocycles. The second-order valence-corrected chi connectivity index (χ2v) is 8.58. The van der Waals surface area contributed by atoms with Gasteiger partial charge < -0.3 is 5.32 Å². The molecule has 1 saturated heterocycles. The van der Waals surface area contributed by atoms with Crippen LogP contribution in [0, 0.1) is 0 Å². The van der Waals surface area contributed by atoms with Crippen LogP contribution in [0.1, 0.15) is 30.6 Å². The fourth-order valence-corrected chi connectivity index (χ4v) is 4.60. The molecular formula is C19H19N3O2S3. The molecule has 5 nitrogen and oxygen atoms in total. The number of hydrogen-bond acceptors (Lipinski definition) is 6. The first-order valence-corrected chi connectivity index (χ1v) is 10.7. The molecule has 0 aliphatic carbocycles. The monoisotopic (exact) mass is 417 g/mol. The zero-order valence-corrected chi connectivity index (χ0v) is 17.0. The van der Waals surface area contributed by atoms with E-state index in [0.717, 1.165) is 24.1 Å². The van der Waals surface area contributed by atoms with Gasteiger partial charge in [-0.1, -0.05) is 42.5 Å². The maximum absolute atomic E-state index is 12.5. The number of unbranched alkanes of at least 4 members (excludes halogenated alkanes) is 2. The van der Waals surface area contributed by atoms with Crippen LogP contribution < -0.4 is 5.32 Å². The van der Waals surface area contributed by atoms with Crippen molar-refractivity contribution in [3.8, 4) is 0 Å². The number of amides is 2. The number of rotatable bonds is 8. The lowest BCUT2D eigenvalue weighted by Gasteiger charge is -2.14. The Hall–Kier alpha value is -2.03. The quantitative estimate of drug-likeness (QED) is 0.388. The van der Waals surface area contributed by atoms with Gasteiger partial charge in [0.15, 0.2) is 0 Å². The van der Waals surface area contributed by atoms with Crippen LogP contribution in [-0.2, 0) is 9.59 Å². The van der Waals surface area contributed by atoms with Crippen LogP contribution in [0.4, 0.5) is 5.82 Å². The van der Waals surface area contributed by atoms with Gasteiger partial charge in [0.25, 0.3) is 5.91 Å². The Labute approximate surface area is 171 Å². The Bertz CT molecular complexity index is 835. The van der Waals surface area contributed by atoms with Crippen molar-refractivity contribution in [3.05, 3.63) is 51.7 Å². The maximum Gasteiger partial charge on any atom is 0.266 e. The van der Waals surface area contributed by atoms with Gasteiger partial charge in [-0.25, -0.2) is 4.98 Å². The van der Waals surface area contributed by atoms with Crippen molar-refractivity contribution in [1.29, 1.82) is 0 Å². The van der Waals surface area contributed by atoms with E-state index in [1.54, 1.807) is 34.6 Å². The minimum absolute atomic E-state index is 0.0219. The molecule has 140 valence electrons. The zero-order chi connectivity index (χ0) is 19.1. The normalized spacial score (nSPS) is 15.6. The summed E-state index contributed by atoms with van der Waals surface area (Å²) >= 11 is 8.29. The highest BCUT2D eigenvalue weighted by Gasteiger charge is 2.31. The second kappa shape index (κ2) is 9.77. The summed E-state index contributed by atoms with van der Waals surface area (Å²) in [5.74, 6) is 0.502. The average molecular weight is 418 g/mol. The lowest BCUT2D eigenvalue weighted by atomic mass is 10.2. The van der Waals surface area contributed by atoms with Crippen LogP contribution in [0.5, 0.6) is 0 Å². The SMILES string of the molecule is O=C(CCCCCN1C(=O)C(=Cc2cccs2)SC1=S)Nc1ccccn1. The highest BCUT2D eigenvalue weighted by molar-refractivity contribution is 8.26. The lowest BCUT2D eigenvalue weighted by molar-refractivity contribution is -0.122. The molecule has 27 heavy (non-hydrogen) atoms. The number of hydrogen-bond donors (Lipinski definition) is 1. The van der Waals surface area contributed by atoms with E-state index in [2.05, 4.69) is 10.3 Å². The first-order valence-electron chi connectivity index (χ1n) is 8.63. The summed E-state index contributed by atoms with van der Waals surface area (Å²) in [4.78, 5) is 31.8. The molecular weight excluding hydrogens is 398 g/mol. The van der Waals surface area contributed by atoms with Gasteiger partial charge in [-0.2, -0.15) is 0 Å². The van der Waals surface area contributed by atoms with Gasteiger partial charge in [-0.3, -0.25) is 14.5 Å². The lowest BCUT2D eigenvalue weighted by Crippen LogP contribution is -2.29. The van der Waals surface area contributed by atoms with Crippen molar-refractivity contribution in [2.24, 2.45) is 0 Å². The van der Waals surface area contributed by atoms with Crippen molar-refractivity contribution < 1.29 is 9.59 Å². The van der Waals surface area contributed by atoms with Crippen molar-refractivity contribution in [3.63, 3.8) is 0 Å². The highest BCUT2D eigenvalue weighted by Crippen LogP contribution is 2.33. The minimum Gasteiger partial charge on any atom is -0.311 e. The third-order valence-electron chi connectivity index (χ3n) is 3.91. The van der Waals surface area contributed by atoms with Gasteiger partial charge in [0.1, 0.15) is 10.1 Å². The zero-order valence-electron chi connectivity index (χ0n) is 14.6. The van der Waals surface area contributed by atoms with Crippen molar-refractivity contribution >= 4 is 63.3 Å². The summed E-state index contributed by atoms with van der Waals surface area (Å²) in [5.41, 5.74) is 0. The van der Waals surface area contributed by atoms with Gasteiger partial charge in [0, 0.05) is 24.0 Å². The van der Waals surface area contributed by atoms with Crippen LogP contribution >= 0.6 is 35.3 Å². The van der Waals surface area contributed by atoms with Crippen LogP contribution in [0.3, 0.4) is 0 Å². The third-order valence-corrected chi connectivity index (χ3v) is 6.11. The maximum atomic E-state index is 12.5. The number of thiophene rings is 1. The molecule has 0 atom stereocenters. The van der Waals surface area contributed by atoms with E-state index in [9.17, 15) is 9.59 Å². The standard InChI is InChI=1S/C19H19N3O2S3/c23-17(21-16-8-3-4-10-20-16)9-2-1-5-11-22-18(24)15(27-19(22)25)13-14-7-6-12-26-14/h3-4,6-8,10,12-13H,1-2,5,9,11H2,(H,20,21,23). The van der Waals surface area contributed by atoms with Crippen molar-refractivity contribution in [2.75, 3.05) is 11.9 Å². The largest absolute Gasteiger partial charge is 0.311 e. The molecule has 0 radical (unpaired) electrons. The van der Waals surface area contributed by atoms with Crippen molar-refractivity contribution in [2.45, 2.75) is 25.7 Å². The van der Waals surface area contributed by atoms with Gasteiger partial charge in [-0.15, -0.1) is 11.3 Å². The molecule has 3 heterocycles. The Morgan fingerprint density at radius 1 is 1.22 bits per heavy atom. The van der Waals surface area contributed by atoms with E-state index in [4.69, 9.17) is 12.2 Å². The molecule has 2 amide bonds. The number of thioether (sulfide) groups is 1. The molecule has 0 aromatic carbocycles. The topological polar surface area (TPSA) is 62.3 Å². The van der Waals surface area contributed by atoms with E-state index >= 15 is 0 Å². The predicted molar refractivity (Wildman–Crippen MR) is 116 cm³/mol. The fourth-order valence-electron chi connectivity index (χ4n) is 2.57. The van der Waals surface area contributed by atoms with E-state index in [1.165, 1.54) is 11.8 Å². The van der Waals surface area contributed by atoms with E-state index in [1.807, 2.05) is 29.7 Å². The number of nitrogens with one attached hydrogen (secondary N) is 1. The van der Waals surface area contributed by atoms with Gasteiger partial charge in [0.2, 0.25) is 5.91 Å². The molecule has 2 aromatic heterocycles. The van der Waals surface area contributed by atoms with E-state index in [-0.39, 0.29) is 11.8 Å². The number of thiocarbonyl (C=S) groups is 1. The predicted octanol–water partition coefficient (Wildman–Crippen LogP) is 4.54. The van der Waals surface area contributed by atoms with Crippen LogP contribution in [-0.4, -0.2) is 32.6 Å². The first-order chi connectivity index (χ1) is 13.1. The minimum atomic E-state index is -0.0433. The van der Waals surface area contributed by atoms with Crippen LogP contribution in [0.2, 0.25) is 0 Å². The molecule has 3 rings (SSSR count). The molecule has 1 aliphatic heterocycles. The fraction of sp³-hybridized carbons (Fsp3) is 0.263. The summed E-state index contributed by atoms with van der Waals surface area (Å²) in [6.45, 7) is 0.592. The van der Waals surface area contributed by atoms with E-state index in [0.29, 0.717) is 28.0 Å². The summed E-state index contributed by atoms with van der Waals surface area (Å²) < 4.78 is 0.607. The number of carbonyl (C=O) groups excluding carboxylic acids is 2. The average Bonchev–Trinajstić information content (AvgIpc) is 3.26. The van der Waals surface area contributed by atoms with Crippen molar-refractivity contribution in [1.82, 2.24) is 9.88 Å². The summed E-state index contributed by atoms with van der Waals surface area (Å²) in [7, 11) is 0. The Morgan fingerprint density at radius 3 is 2.85 bits per heavy atom. The number of nitrogens with zero attached hydrogens (tertiary/aromatic N) is 2. The van der Waals surface area contributed by atoms with Crippen LogP contribution in [0.15, 0.2) is 46.8 Å². The Balaban J connectivity index is 1.38. The second-order valence-electron chi connectivity index (χ2n) is 5.92. The molecule has 1 fully saturated rings. The summed E-state index contributed by atoms with van der Waals surface area (Å²) in [6.07, 6.45) is 6.41. The third kappa shape index (κ3) is 5.72. The molecule has 2 aromatic rings. The smallest absolute Gasteiger partial charge is 0.266 e. The summed E-state index contributed by atoms with van der Waals surface area (Å²) in [6, 6.07) is 9.34. The number of aromatic nitrogens is 1. The molecule has 0 spiro atoms. The Kier molecular flexibility index (Phi) is 7.14. The number of anilines is 1. The molecule has 0 unspecified atom stereocenters. The molecule has 8 heteroatoms. The summed E-state index contributed by atoms with van der Waals surface area (Å²) in [5, 5.41) is 4.75. The number of carbonyl (C=O) groups is 2. The van der Waals surface area contributed by atoms with Gasteiger partial charge >= 0.3 is 0 Å². The first kappa shape index (κ1) is 19.7. The highest BCUT2D eigenvalue weighted by atomic mass is 32.2. The van der Waals surface area contributed by atoms with Gasteiger partial charge in [-0.05, 0) is 42.5 Å². The Morgan fingerprint density at radius 2 is 2.11 bits per heavy atom. The van der Waals surface area contributed by atoms with Gasteiger partial charge in [0.05, 0.1) is 4.91 Å². The van der Waals surface area contributed by atoms with E-state index < -0.39 is 0 Å².